The topological polar surface area (TPSA) is 141 Å². The van der Waals surface area contributed by atoms with Crippen molar-refractivity contribution >= 4 is 40.7 Å². The Morgan fingerprint density at radius 1 is 1.09 bits per heavy atom. The van der Waals surface area contributed by atoms with Crippen molar-refractivity contribution in [3.05, 3.63) is 140 Å². The summed E-state index contributed by atoms with van der Waals surface area (Å²) in [5.41, 5.74) is 16.2. The van der Waals surface area contributed by atoms with E-state index in [4.69, 9.17) is 42.8 Å². The highest BCUT2D eigenvalue weighted by Gasteiger charge is 2.54. The van der Waals surface area contributed by atoms with Gasteiger partial charge in [0.25, 0.3) is 5.91 Å². The van der Waals surface area contributed by atoms with Gasteiger partial charge in [0.05, 0.1) is 6.61 Å². The number of ether oxygens (including phenoxy) is 2. The molecule has 0 fully saturated rings. The molecule has 0 bridgehead atoms. The van der Waals surface area contributed by atoms with Crippen LogP contribution in [0.25, 0.3) is 10.4 Å². The second-order valence-corrected chi connectivity index (χ2v) is 11.6. The molecule has 1 aliphatic rings. The number of carbonyl (C=O) groups is 1. The van der Waals surface area contributed by atoms with Gasteiger partial charge in [0.2, 0.25) is 5.90 Å². The van der Waals surface area contributed by atoms with E-state index in [9.17, 15) is 14.7 Å². The highest BCUT2D eigenvalue weighted by atomic mass is 35.5. The molecule has 0 aromatic heterocycles. The summed E-state index contributed by atoms with van der Waals surface area (Å²) >= 11 is 13.0. The van der Waals surface area contributed by atoms with E-state index in [1.54, 1.807) is 78.9 Å². The molecular weight excluding hydrogens is 646 g/mol. The first kappa shape index (κ1) is 33.7. The Kier molecular flexibility index (Phi) is 11.3. The number of hydrazine groups is 1. The fraction of sp³-hybridized carbons (Fsp3) is 0.235. The van der Waals surface area contributed by atoms with E-state index in [2.05, 4.69) is 20.9 Å². The summed E-state index contributed by atoms with van der Waals surface area (Å²) < 4.78 is 25.5. The summed E-state index contributed by atoms with van der Waals surface area (Å²) in [7, 11) is 0. The Morgan fingerprint density at radius 2 is 1.85 bits per heavy atom. The summed E-state index contributed by atoms with van der Waals surface area (Å²) in [6.45, 7) is 0.711. The van der Waals surface area contributed by atoms with Crippen molar-refractivity contribution < 1.29 is 23.8 Å². The number of aliphatic hydroxyl groups excluding tert-OH is 1. The molecule has 1 aliphatic heterocycles. The van der Waals surface area contributed by atoms with Crippen LogP contribution in [0.3, 0.4) is 0 Å². The zero-order valence-electron chi connectivity index (χ0n) is 25.1. The van der Waals surface area contributed by atoms with Crippen LogP contribution in [0, 0.1) is 5.82 Å². The Labute approximate surface area is 280 Å². The Morgan fingerprint density at radius 3 is 2.57 bits per heavy atom. The molecular formula is C34H31Cl2FN6O4. The van der Waals surface area contributed by atoms with Crippen molar-refractivity contribution in [3.8, 4) is 5.75 Å². The van der Waals surface area contributed by atoms with Gasteiger partial charge < -0.3 is 14.6 Å². The van der Waals surface area contributed by atoms with Gasteiger partial charge in [-0.2, -0.15) is 0 Å². The molecule has 242 valence electrons. The fourth-order valence-electron chi connectivity index (χ4n) is 5.18. The summed E-state index contributed by atoms with van der Waals surface area (Å²) in [5.74, 6) is -0.0765. The van der Waals surface area contributed by atoms with Crippen LogP contribution < -0.4 is 15.6 Å². The van der Waals surface area contributed by atoms with E-state index in [0.717, 1.165) is 5.56 Å². The third-order valence-electron chi connectivity index (χ3n) is 7.53. The molecule has 2 atom stereocenters. The van der Waals surface area contributed by atoms with Crippen molar-refractivity contribution in [2.45, 2.75) is 30.9 Å². The number of azide groups is 1. The summed E-state index contributed by atoms with van der Waals surface area (Å²) in [6, 6.07) is 25.0. The first-order chi connectivity index (χ1) is 22.8. The van der Waals surface area contributed by atoms with Crippen LogP contribution >= 0.6 is 23.2 Å². The molecule has 0 saturated carbocycles. The maximum absolute atomic E-state index is 14.4. The predicted octanol–water partition coefficient (Wildman–Crippen LogP) is 7.20. The maximum atomic E-state index is 14.4. The Bertz CT molecular complexity index is 1780. The number of benzene rings is 4. The molecule has 0 spiro atoms. The number of hydrogen-bond acceptors (Lipinski definition) is 7. The third-order valence-corrected chi connectivity index (χ3v) is 8.10. The van der Waals surface area contributed by atoms with Crippen LogP contribution in [0.4, 0.5) is 10.1 Å². The first-order valence-corrected chi connectivity index (χ1v) is 15.5. The second kappa shape index (κ2) is 15.8. The van der Waals surface area contributed by atoms with Crippen LogP contribution in [0.2, 0.25) is 10.0 Å². The van der Waals surface area contributed by atoms with Crippen LogP contribution in [-0.4, -0.2) is 42.2 Å². The lowest BCUT2D eigenvalue weighted by molar-refractivity contribution is -0.130. The summed E-state index contributed by atoms with van der Waals surface area (Å²) in [4.78, 5) is 22.3. The zero-order valence-corrected chi connectivity index (χ0v) is 26.6. The number of hydrogen-bond donors (Lipinski definition) is 3. The third kappa shape index (κ3) is 8.21. The van der Waals surface area contributed by atoms with E-state index < -0.39 is 17.6 Å². The van der Waals surface area contributed by atoms with Gasteiger partial charge in [-0.3, -0.25) is 10.2 Å². The lowest BCUT2D eigenvalue weighted by Crippen LogP contribution is -2.54. The summed E-state index contributed by atoms with van der Waals surface area (Å²) in [5, 5.41) is 13.6. The number of amides is 1. The molecule has 1 amide bonds. The molecule has 4 aromatic carbocycles. The number of aliphatic imine (C=N–C) groups is 1. The Balaban J connectivity index is 1.54. The highest BCUT2D eigenvalue weighted by Crippen LogP contribution is 2.46. The largest absolute Gasteiger partial charge is 0.494 e. The number of nitrogens with zero attached hydrogens (tertiary/aromatic N) is 4. The van der Waals surface area contributed by atoms with Crippen molar-refractivity contribution in [1.29, 1.82) is 0 Å². The highest BCUT2D eigenvalue weighted by molar-refractivity contribution is 6.35. The van der Waals surface area contributed by atoms with Gasteiger partial charge in [-0.25, -0.2) is 14.8 Å². The molecule has 10 nitrogen and oxygen atoms in total. The Hall–Kier alpha value is -4.64. The minimum atomic E-state index is -1.65. The van der Waals surface area contributed by atoms with Crippen molar-refractivity contribution in [1.82, 2.24) is 10.9 Å². The molecule has 0 unspecified atom stereocenters. The van der Waals surface area contributed by atoms with Gasteiger partial charge in [0.1, 0.15) is 11.6 Å². The molecule has 0 saturated heterocycles. The average Bonchev–Trinajstić information content (AvgIpc) is 3.45. The van der Waals surface area contributed by atoms with Crippen molar-refractivity contribution in [2.75, 3.05) is 19.8 Å². The molecule has 13 heteroatoms. The molecule has 4 aromatic rings. The number of halogens is 3. The lowest BCUT2D eigenvalue weighted by Gasteiger charge is -2.31. The second-order valence-electron chi connectivity index (χ2n) is 10.7. The zero-order chi connectivity index (χ0) is 33.2. The van der Waals surface area contributed by atoms with Crippen LogP contribution in [0.1, 0.15) is 34.8 Å². The molecule has 1 heterocycles. The van der Waals surface area contributed by atoms with Crippen molar-refractivity contribution in [3.63, 3.8) is 0 Å². The van der Waals surface area contributed by atoms with Gasteiger partial charge in [-0.05, 0) is 71.6 Å². The normalized spacial score (nSPS) is 16.9. The minimum Gasteiger partial charge on any atom is -0.494 e. The minimum absolute atomic E-state index is 0.0193. The predicted molar refractivity (Wildman–Crippen MR) is 178 cm³/mol. The number of nitrogens with one attached hydrogen (secondary N) is 2. The molecule has 47 heavy (non-hydrogen) atoms. The molecule has 5 rings (SSSR count). The van der Waals surface area contributed by atoms with Gasteiger partial charge in [-0.1, -0.05) is 70.8 Å². The van der Waals surface area contributed by atoms with Crippen molar-refractivity contribution in [2.24, 2.45) is 10.1 Å². The van der Waals surface area contributed by atoms with E-state index in [-0.39, 0.29) is 29.8 Å². The molecule has 3 N–H and O–H groups in total. The number of aliphatic hydroxyl groups is 1. The van der Waals surface area contributed by atoms with Crippen LogP contribution in [0.5, 0.6) is 5.75 Å². The quantitative estimate of drug-likeness (QED) is 0.0426. The van der Waals surface area contributed by atoms with Gasteiger partial charge >= 0.3 is 0 Å². The van der Waals surface area contributed by atoms with E-state index >= 15 is 0 Å². The first-order valence-electron chi connectivity index (χ1n) is 14.8. The number of carbonyl (C=O) groups excluding carboxylic acids is 1. The molecule has 0 aliphatic carbocycles. The molecule has 0 radical (unpaired) electrons. The van der Waals surface area contributed by atoms with E-state index in [1.165, 1.54) is 12.1 Å². The van der Waals surface area contributed by atoms with Crippen LogP contribution in [0.15, 0.2) is 101 Å². The standard InChI is InChI=1S/C34H31Cl2FN6O4/c35-25-10-15-28(29(36)20-25)31-34(21-24-4-1-2-5-30(24)41-43-38,33(45)42-39-17-16-22-6-11-26(37)12-7-22)40-32(47-31)23-8-13-27(14-9-23)46-19-3-18-44/h1-2,4-15,20,31,39,44H,3,16-19,21H2,(H,42,45)/t31-,34-/m0/s1. The SMILES string of the molecule is [N-]=[N+]=Nc1ccccc1C[C@]1(C(=O)NNCCc2ccc(F)cc2)N=C(c2ccc(OCCCO)cc2)O[C@H]1c1ccc(Cl)cc1Cl. The number of rotatable bonds is 14. The smallest absolute Gasteiger partial charge is 0.266 e. The average molecular weight is 678 g/mol. The van der Waals surface area contributed by atoms with E-state index in [0.29, 0.717) is 59.1 Å². The van der Waals surface area contributed by atoms with Crippen LogP contribution in [-0.2, 0) is 22.4 Å². The van der Waals surface area contributed by atoms with Gasteiger partial charge in [-0.15, -0.1) is 0 Å². The fourth-order valence-corrected chi connectivity index (χ4v) is 5.69. The van der Waals surface area contributed by atoms with Gasteiger partial charge in [0, 0.05) is 57.8 Å². The summed E-state index contributed by atoms with van der Waals surface area (Å²) in [6.07, 6.45) is -0.0463. The van der Waals surface area contributed by atoms with E-state index in [1.807, 2.05) is 0 Å². The monoisotopic (exact) mass is 676 g/mol. The van der Waals surface area contributed by atoms with Gasteiger partial charge in [0.15, 0.2) is 11.6 Å². The lowest BCUT2D eigenvalue weighted by atomic mass is 9.81. The maximum Gasteiger partial charge on any atom is 0.266 e.